The predicted octanol–water partition coefficient (Wildman–Crippen LogP) is 4.83. The number of methoxy groups -OCH3 is 1. The number of thioether (sulfide) groups is 1. The van der Waals surface area contributed by atoms with Crippen LogP contribution in [0.4, 0.5) is 0 Å². The number of hydrogen-bond acceptors (Lipinski definition) is 7. The van der Waals surface area contributed by atoms with Crippen molar-refractivity contribution in [3.05, 3.63) is 53.3 Å². The molecule has 1 atom stereocenters. The van der Waals surface area contributed by atoms with Crippen LogP contribution in [0.15, 0.2) is 62.9 Å². The van der Waals surface area contributed by atoms with Crippen molar-refractivity contribution in [1.29, 1.82) is 0 Å². The van der Waals surface area contributed by atoms with Crippen LogP contribution in [0.5, 0.6) is 5.75 Å². The lowest BCUT2D eigenvalue weighted by Gasteiger charge is -2.24. The summed E-state index contributed by atoms with van der Waals surface area (Å²) < 4.78 is 11.3. The molecule has 0 amide bonds. The highest BCUT2D eigenvalue weighted by molar-refractivity contribution is 8.13. The van der Waals surface area contributed by atoms with Gasteiger partial charge in [-0.25, -0.2) is 4.99 Å². The molecule has 144 valence electrons. The number of nitrogens with one attached hydrogen (secondary N) is 1. The monoisotopic (exact) mass is 386 g/mol. The Hall–Kier alpha value is -2.12. The van der Waals surface area contributed by atoms with Crippen LogP contribution < -0.4 is 10.1 Å². The Bertz CT molecular complexity index is 741. The van der Waals surface area contributed by atoms with Crippen LogP contribution in [0.1, 0.15) is 38.0 Å². The molecular formula is C20H26N4O2S. The highest BCUT2D eigenvalue weighted by Crippen LogP contribution is 2.25. The molecule has 0 radical (unpaired) electrons. The van der Waals surface area contributed by atoms with Crippen LogP contribution in [0.25, 0.3) is 0 Å². The van der Waals surface area contributed by atoms with Gasteiger partial charge in [0.2, 0.25) is 5.17 Å². The quantitative estimate of drug-likeness (QED) is 0.805. The standard InChI is InChI=1S/C20H26N4O2S/c1-3-12-27-20-21-14-26-19(15-8-10-17(25-2)11-9-15)23-18-7-5-4-6-16(18)13-22-24-20/h5,7-11,19,23H,3-4,6,12-14H2,1-2H3/b21-20+,24-22?. The van der Waals surface area contributed by atoms with E-state index in [2.05, 4.69) is 39.6 Å². The fourth-order valence-electron chi connectivity index (χ4n) is 2.81. The van der Waals surface area contributed by atoms with Crippen molar-refractivity contribution in [3.63, 3.8) is 0 Å². The largest absolute Gasteiger partial charge is 0.497 e. The minimum atomic E-state index is -0.303. The molecule has 1 aliphatic heterocycles. The number of aliphatic imine (C=N–C) groups is 1. The first-order valence-electron chi connectivity index (χ1n) is 9.25. The number of rotatable bonds is 4. The van der Waals surface area contributed by atoms with Gasteiger partial charge in [0, 0.05) is 17.0 Å². The van der Waals surface area contributed by atoms with Gasteiger partial charge in [-0.2, -0.15) is 5.11 Å². The van der Waals surface area contributed by atoms with Gasteiger partial charge in [-0.05, 0) is 43.0 Å². The highest BCUT2D eigenvalue weighted by Gasteiger charge is 2.17. The third-order valence-corrected chi connectivity index (χ3v) is 5.36. The minimum absolute atomic E-state index is 0.223. The summed E-state index contributed by atoms with van der Waals surface area (Å²) in [7, 11) is 1.66. The molecule has 1 aliphatic carbocycles. The second kappa shape index (κ2) is 10.3. The zero-order valence-electron chi connectivity index (χ0n) is 15.9. The summed E-state index contributed by atoms with van der Waals surface area (Å²) in [5.41, 5.74) is 3.32. The SMILES string of the molecule is CCCS/C1=N/COC(c2ccc(OC)cc2)NC2=C(CCC=C2)CN=N1. The number of benzene rings is 1. The first-order valence-corrected chi connectivity index (χ1v) is 10.2. The molecule has 7 heteroatoms. The van der Waals surface area contributed by atoms with Gasteiger partial charge in [-0.15, -0.1) is 5.11 Å². The van der Waals surface area contributed by atoms with Gasteiger partial charge >= 0.3 is 0 Å². The van der Waals surface area contributed by atoms with E-state index in [0.29, 0.717) is 11.7 Å². The number of nitrogens with zero attached hydrogens (tertiary/aromatic N) is 3. The van der Waals surface area contributed by atoms with Crippen molar-refractivity contribution in [2.24, 2.45) is 15.2 Å². The van der Waals surface area contributed by atoms with E-state index >= 15 is 0 Å². The Morgan fingerprint density at radius 1 is 1.30 bits per heavy atom. The Morgan fingerprint density at radius 3 is 2.93 bits per heavy atom. The first kappa shape index (κ1) is 19.6. The molecule has 0 bridgehead atoms. The average molecular weight is 387 g/mol. The summed E-state index contributed by atoms with van der Waals surface area (Å²) in [6.07, 6.45) is 7.04. The van der Waals surface area contributed by atoms with Crippen molar-refractivity contribution in [2.75, 3.05) is 26.1 Å². The van der Waals surface area contributed by atoms with Crippen LogP contribution in [0, 0.1) is 0 Å². The molecular weight excluding hydrogens is 360 g/mol. The smallest absolute Gasteiger partial charge is 0.206 e. The van der Waals surface area contributed by atoms with Crippen molar-refractivity contribution >= 4 is 16.9 Å². The molecule has 1 aromatic carbocycles. The normalized spacial score (nSPS) is 22.3. The summed E-state index contributed by atoms with van der Waals surface area (Å²) in [4.78, 5) is 4.49. The second-order valence-corrected chi connectivity index (χ2v) is 7.30. The summed E-state index contributed by atoms with van der Waals surface area (Å²) in [6.45, 7) is 2.94. The second-order valence-electron chi connectivity index (χ2n) is 6.24. The Morgan fingerprint density at radius 2 is 2.15 bits per heavy atom. The summed E-state index contributed by atoms with van der Waals surface area (Å²) in [5, 5.41) is 12.9. The fourth-order valence-corrected chi connectivity index (χ4v) is 3.46. The molecule has 27 heavy (non-hydrogen) atoms. The number of azo groups is 1. The zero-order valence-corrected chi connectivity index (χ0v) is 16.7. The molecule has 3 rings (SSSR count). The number of allylic oxidation sites excluding steroid dienone is 2. The van der Waals surface area contributed by atoms with Gasteiger partial charge < -0.3 is 14.8 Å². The van der Waals surface area contributed by atoms with E-state index in [0.717, 1.165) is 42.0 Å². The first-order chi connectivity index (χ1) is 13.3. The molecule has 1 aromatic rings. The van der Waals surface area contributed by atoms with Crippen molar-refractivity contribution in [1.82, 2.24) is 5.32 Å². The van der Waals surface area contributed by atoms with Crippen LogP contribution in [0.2, 0.25) is 0 Å². The van der Waals surface area contributed by atoms with Crippen LogP contribution in [-0.4, -0.2) is 31.3 Å². The van der Waals surface area contributed by atoms with Gasteiger partial charge in [0.25, 0.3) is 0 Å². The summed E-state index contributed by atoms with van der Waals surface area (Å²) in [5.74, 6) is 1.79. The molecule has 6 nitrogen and oxygen atoms in total. The molecule has 0 aromatic heterocycles. The van der Waals surface area contributed by atoms with Crippen molar-refractivity contribution in [3.8, 4) is 5.75 Å². The highest BCUT2D eigenvalue weighted by atomic mass is 32.2. The molecule has 0 saturated heterocycles. The zero-order chi connectivity index (χ0) is 18.9. The summed E-state index contributed by atoms with van der Waals surface area (Å²) >= 11 is 1.62. The van der Waals surface area contributed by atoms with E-state index in [1.54, 1.807) is 18.9 Å². The van der Waals surface area contributed by atoms with Crippen LogP contribution >= 0.6 is 11.8 Å². The Kier molecular flexibility index (Phi) is 7.47. The average Bonchev–Trinajstić information content (AvgIpc) is 2.75. The van der Waals surface area contributed by atoms with E-state index in [4.69, 9.17) is 9.47 Å². The lowest BCUT2D eigenvalue weighted by atomic mass is 10.0. The maximum Gasteiger partial charge on any atom is 0.206 e. The molecule has 1 N–H and O–H groups in total. The number of hydrogen-bond donors (Lipinski definition) is 1. The fraction of sp³-hybridized carbons (Fsp3) is 0.450. The minimum Gasteiger partial charge on any atom is -0.497 e. The Balaban J connectivity index is 1.86. The predicted molar refractivity (Wildman–Crippen MR) is 110 cm³/mol. The van der Waals surface area contributed by atoms with Crippen molar-refractivity contribution in [2.45, 2.75) is 32.4 Å². The lowest BCUT2D eigenvalue weighted by molar-refractivity contribution is 0.0415. The van der Waals surface area contributed by atoms with Gasteiger partial charge in [-0.1, -0.05) is 36.9 Å². The number of ether oxygens (including phenoxy) is 2. The third kappa shape index (κ3) is 5.68. The van der Waals surface area contributed by atoms with E-state index < -0.39 is 0 Å². The molecule has 1 heterocycles. The van der Waals surface area contributed by atoms with E-state index in [1.807, 2.05) is 24.3 Å². The summed E-state index contributed by atoms with van der Waals surface area (Å²) in [6, 6.07) is 7.89. The maximum absolute atomic E-state index is 6.07. The topological polar surface area (TPSA) is 67.6 Å². The Labute approximate surface area is 164 Å². The molecule has 1 unspecified atom stereocenters. The molecule has 2 aliphatic rings. The maximum atomic E-state index is 6.07. The van der Waals surface area contributed by atoms with Gasteiger partial charge in [-0.3, -0.25) is 0 Å². The van der Waals surface area contributed by atoms with Crippen LogP contribution in [-0.2, 0) is 4.74 Å². The van der Waals surface area contributed by atoms with Crippen molar-refractivity contribution < 1.29 is 9.47 Å². The molecule has 0 fully saturated rings. The van der Waals surface area contributed by atoms with Crippen LogP contribution in [0.3, 0.4) is 0 Å². The van der Waals surface area contributed by atoms with Gasteiger partial charge in [0.15, 0.2) is 6.23 Å². The lowest BCUT2D eigenvalue weighted by Crippen LogP contribution is -2.25. The molecule has 0 spiro atoms. The van der Waals surface area contributed by atoms with E-state index in [-0.39, 0.29) is 13.0 Å². The van der Waals surface area contributed by atoms with Gasteiger partial charge in [0.05, 0.1) is 13.7 Å². The number of amidine groups is 1. The third-order valence-electron chi connectivity index (χ3n) is 4.28. The van der Waals surface area contributed by atoms with E-state index in [1.165, 1.54) is 5.57 Å². The van der Waals surface area contributed by atoms with Gasteiger partial charge in [0.1, 0.15) is 12.5 Å². The molecule has 0 saturated carbocycles. The van der Waals surface area contributed by atoms with E-state index in [9.17, 15) is 0 Å².